The smallest absolute Gasteiger partial charge is 0.0846 e. The van der Waals surface area contributed by atoms with E-state index < -0.39 is 0 Å². The first-order valence-electron chi connectivity index (χ1n) is 7.73. The zero-order valence-electron chi connectivity index (χ0n) is 12.0. The minimum Gasteiger partial charge on any atom is -0.388 e. The van der Waals surface area contributed by atoms with Gasteiger partial charge >= 0.3 is 0 Å². The van der Waals surface area contributed by atoms with Crippen molar-refractivity contribution in [3.63, 3.8) is 0 Å². The SMILES string of the molecule is O[C@@H]1c2ccccc2C(Cc2ccccc2)[C@H]2COC[C@@H]12. The molecule has 2 aromatic rings. The number of aliphatic hydroxyl groups is 1. The van der Waals surface area contributed by atoms with E-state index >= 15 is 0 Å². The topological polar surface area (TPSA) is 29.5 Å². The number of hydrogen-bond donors (Lipinski definition) is 1. The molecule has 2 aliphatic rings. The molecule has 21 heavy (non-hydrogen) atoms. The molecule has 1 aliphatic carbocycles. The maximum Gasteiger partial charge on any atom is 0.0846 e. The Labute approximate surface area is 125 Å². The molecule has 108 valence electrons. The predicted octanol–water partition coefficient (Wildman–Crippen LogP) is 3.32. The number of fused-ring (bicyclic) bond motifs is 2. The van der Waals surface area contributed by atoms with E-state index in [1.165, 1.54) is 11.1 Å². The van der Waals surface area contributed by atoms with E-state index in [-0.39, 0.29) is 12.0 Å². The third-order valence-corrected chi connectivity index (χ3v) is 5.11. The van der Waals surface area contributed by atoms with Gasteiger partial charge in [-0.05, 0) is 34.9 Å². The monoisotopic (exact) mass is 280 g/mol. The van der Waals surface area contributed by atoms with Gasteiger partial charge < -0.3 is 9.84 Å². The molecule has 2 nitrogen and oxygen atoms in total. The Morgan fingerprint density at radius 3 is 2.33 bits per heavy atom. The van der Waals surface area contributed by atoms with Crippen LogP contribution in [0.1, 0.15) is 28.7 Å². The maximum absolute atomic E-state index is 10.6. The van der Waals surface area contributed by atoms with Crippen LogP contribution in [0.4, 0.5) is 0 Å². The lowest BCUT2D eigenvalue weighted by Crippen LogP contribution is -2.33. The van der Waals surface area contributed by atoms with Crippen LogP contribution in [0, 0.1) is 11.8 Å². The predicted molar refractivity (Wildman–Crippen MR) is 82.1 cm³/mol. The molecule has 1 fully saturated rings. The fraction of sp³-hybridized carbons (Fsp3) is 0.368. The summed E-state index contributed by atoms with van der Waals surface area (Å²) in [6.45, 7) is 1.46. The summed E-state index contributed by atoms with van der Waals surface area (Å²) in [5, 5.41) is 10.6. The minimum absolute atomic E-state index is 0.244. The molecule has 0 saturated carbocycles. The van der Waals surface area contributed by atoms with Gasteiger partial charge in [0.05, 0.1) is 19.3 Å². The quantitative estimate of drug-likeness (QED) is 0.914. The molecule has 1 heterocycles. The van der Waals surface area contributed by atoms with Crippen LogP contribution in [0.25, 0.3) is 0 Å². The Bertz CT molecular complexity index is 622. The molecule has 0 radical (unpaired) electrons. The molecule has 2 aromatic carbocycles. The highest BCUT2D eigenvalue weighted by molar-refractivity contribution is 5.38. The Hall–Kier alpha value is -1.64. The molecular formula is C19H20O2. The second-order valence-corrected chi connectivity index (χ2v) is 6.24. The summed E-state index contributed by atoms with van der Waals surface area (Å²) >= 11 is 0. The fourth-order valence-electron chi connectivity index (χ4n) is 4.04. The molecule has 4 atom stereocenters. The summed E-state index contributed by atoms with van der Waals surface area (Å²) in [7, 11) is 0. The number of hydrogen-bond acceptors (Lipinski definition) is 2. The highest BCUT2D eigenvalue weighted by Crippen LogP contribution is 2.49. The minimum atomic E-state index is -0.374. The van der Waals surface area contributed by atoms with E-state index in [1.54, 1.807) is 0 Å². The summed E-state index contributed by atoms with van der Waals surface area (Å²) < 4.78 is 5.70. The highest BCUT2D eigenvalue weighted by atomic mass is 16.5. The molecule has 2 heteroatoms. The molecule has 1 aliphatic heterocycles. The molecule has 1 unspecified atom stereocenters. The Morgan fingerprint density at radius 1 is 0.857 bits per heavy atom. The van der Waals surface area contributed by atoms with Crippen molar-refractivity contribution >= 4 is 0 Å². The van der Waals surface area contributed by atoms with E-state index in [0.717, 1.165) is 18.6 Å². The van der Waals surface area contributed by atoms with Crippen molar-refractivity contribution in [1.82, 2.24) is 0 Å². The van der Waals surface area contributed by atoms with Crippen LogP contribution < -0.4 is 0 Å². The lowest BCUT2D eigenvalue weighted by molar-refractivity contribution is 0.0653. The fourth-order valence-corrected chi connectivity index (χ4v) is 4.04. The van der Waals surface area contributed by atoms with Gasteiger partial charge in [0.2, 0.25) is 0 Å². The van der Waals surface area contributed by atoms with Crippen LogP contribution in [0.15, 0.2) is 54.6 Å². The van der Waals surface area contributed by atoms with Crippen LogP contribution in [0.3, 0.4) is 0 Å². The van der Waals surface area contributed by atoms with E-state index in [0.29, 0.717) is 18.4 Å². The maximum atomic E-state index is 10.6. The summed E-state index contributed by atoms with van der Waals surface area (Å²) in [6.07, 6.45) is 0.649. The summed E-state index contributed by atoms with van der Waals surface area (Å²) in [5.41, 5.74) is 3.77. The summed E-state index contributed by atoms with van der Waals surface area (Å²) in [5.74, 6) is 1.11. The average molecular weight is 280 g/mol. The van der Waals surface area contributed by atoms with Crippen LogP contribution in [-0.4, -0.2) is 18.3 Å². The van der Waals surface area contributed by atoms with Gasteiger partial charge in [0.25, 0.3) is 0 Å². The third-order valence-electron chi connectivity index (χ3n) is 5.11. The summed E-state index contributed by atoms with van der Waals surface area (Å²) in [4.78, 5) is 0. The summed E-state index contributed by atoms with van der Waals surface area (Å²) in [6, 6.07) is 19.0. The van der Waals surface area contributed by atoms with Crippen LogP contribution in [0.2, 0.25) is 0 Å². The molecule has 0 amide bonds. The van der Waals surface area contributed by atoms with Gasteiger partial charge in [-0.15, -0.1) is 0 Å². The van der Waals surface area contributed by atoms with Crippen molar-refractivity contribution in [3.05, 3.63) is 71.3 Å². The Kier molecular flexibility index (Phi) is 3.28. The van der Waals surface area contributed by atoms with Crippen molar-refractivity contribution in [1.29, 1.82) is 0 Å². The number of ether oxygens (including phenoxy) is 1. The lowest BCUT2D eigenvalue weighted by Gasteiger charge is -2.38. The first-order valence-corrected chi connectivity index (χ1v) is 7.73. The second kappa shape index (κ2) is 5.28. The number of benzene rings is 2. The standard InChI is InChI=1S/C19H20O2/c20-19-15-9-5-4-8-14(15)16(17-11-21-12-18(17)19)10-13-6-2-1-3-7-13/h1-9,16-20H,10-12H2/t16?,17-,18-,19-/m1/s1. The van der Waals surface area contributed by atoms with Crippen LogP contribution in [-0.2, 0) is 11.2 Å². The molecule has 0 spiro atoms. The van der Waals surface area contributed by atoms with Crippen LogP contribution in [0.5, 0.6) is 0 Å². The Morgan fingerprint density at radius 2 is 1.52 bits per heavy atom. The van der Waals surface area contributed by atoms with E-state index in [9.17, 15) is 5.11 Å². The van der Waals surface area contributed by atoms with Crippen molar-refractivity contribution < 1.29 is 9.84 Å². The second-order valence-electron chi connectivity index (χ2n) is 6.24. The Balaban J connectivity index is 1.75. The van der Waals surface area contributed by atoms with Gasteiger partial charge in [0.15, 0.2) is 0 Å². The largest absolute Gasteiger partial charge is 0.388 e. The zero-order valence-corrected chi connectivity index (χ0v) is 12.0. The molecular weight excluding hydrogens is 260 g/mol. The molecule has 1 saturated heterocycles. The van der Waals surface area contributed by atoms with Crippen molar-refractivity contribution in [2.45, 2.75) is 18.4 Å². The zero-order chi connectivity index (χ0) is 14.2. The van der Waals surface area contributed by atoms with E-state index in [1.807, 2.05) is 6.07 Å². The molecule has 0 aromatic heterocycles. The van der Waals surface area contributed by atoms with E-state index in [2.05, 4.69) is 48.5 Å². The first kappa shape index (κ1) is 13.1. The van der Waals surface area contributed by atoms with Gasteiger partial charge in [-0.1, -0.05) is 54.6 Å². The van der Waals surface area contributed by atoms with Crippen LogP contribution >= 0.6 is 0 Å². The third kappa shape index (κ3) is 2.19. The van der Waals surface area contributed by atoms with Gasteiger partial charge in [0.1, 0.15) is 0 Å². The van der Waals surface area contributed by atoms with Crippen molar-refractivity contribution in [2.24, 2.45) is 11.8 Å². The molecule has 1 N–H and O–H groups in total. The number of rotatable bonds is 2. The van der Waals surface area contributed by atoms with Gasteiger partial charge in [0, 0.05) is 5.92 Å². The van der Waals surface area contributed by atoms with Gasteiger partial charge in [-0.25, -0.2) is 0 Å². The van der Waals surface area contributed by atoms with Crippen molar-refractivity contribution in [3.8, 4) is 0 Å². The normalized spacial score (nSPS) is 30.7. The highest BCUT2D eigenvalue weighted by Gasteiger charge is 2.44. The van der Waals surface area contributed by atoms with Gasteiger partial charge in [-0.2, -0.15) is 0 Å². The van der Waals surface area contributed by atoms with Crippen molar-refractivity contribution in [2.75, 3.05) is 13.2 Å². The number of aliphatic hydroxyl groups excluding tert-OH is 1. The molecule has 4 rings (SSSR count). The van der Waals surface area contributed by atoms with E-state index in [4.69, 9.17) is 4.74 Å². The molecule has 0 bridgehead atoms. The average Bonchev–Trinajstić information content (AvgIpc) is 3.02. The van der Waals surface area contributed by atoms with Gasteiger partial charge in [-0.3, -0.25) is 0 Å². The first-order chi connectivity index (χ1) is 10.3. The lowest BCUT2D eigenvalue weighted by atomic mass is 9.67.